The molecule has 178 valence electrons. The van der Waals surface area contributed by atoms with Gasteiger partial charge in [0.05, 0.1) is 0 Å². The van der Waals surface area contributed by atoms with Crippen LogP contribution in [-0.4, -0.2) is 45.3 Å². The maximum Gasteiger partial charge on any atom is 0.333 e. The van der Waals surface area contributed by atoms with Crippen LogP contribution in [0, 0.1) is 0 Å². The Labute approximate surface area is 202 Å². The van der Waals surface area contributed by atoms with E-state index in [-0.39, 0.29) is 31.0 Å². The van der Waals surface area contributed by atoms with Crippen LogP contribution in [0.5, 0.6) is 5.75 Å². The topological polar surface area (TPSA) is 104 Å². The van der Waals surface area contributed by atoms with Gasteiger partial charge in [-0.25, -0.2) is 4.79 Å². The average molecular weight is 472 g/mol. The zero-order valence-electron chi connectivity index (χ0n) is 19.3. The van der Waals surface area contributed by atoms with Crippen molar-refractivity contribution in [2.45, 2.75) is 19.8 Å². The van der Waals surface area contributed by atoms with Gasteiger partial charge < -0.3 is 14.6 Å². The lowest BCUT2D eigenvalue weighted by atomic mass is 9.98. The van der Waals surface area contributed by atoms with Gasteiger partial charge in [0.25, 0.3) is 0 Å². The molecule has 1 heterocycles. The van der Waals surface area contributed by atoms with Crippen LogP contribution in [0.1, 0.15) is 18.9 Å². The van der Waals surface area contributed by atoms with Crippen molar-refractivity contribution in [3.63, 3.8) is 0 Å². The third-order valence-electron chi connectivity index (χ3n) is 5.28. The predicted octanol–water partition coefficient (Wildman–Crippen LogP) is 4.39. The second-order valence-corrected chi connectivity index (χ2v) is 7.99. The first-order valence-electron chi connectivity index (χ1n) is 11.1. The number of aryl methyl sites for hydroxylation is 1. The number of carbonyl (C=O) groups is 2. The SMILES string of the molecule is C=C(C)C(=O)OCCOC(=O)CCc1cc(-c2ccccc2)c(O)c(-n2nc3ccccc3n2)c1. The summed E-state index contributed by atoms with van der Waals surface area (Å²) >= 11 is 0. The zero-order valence-corrected chi connectivity index (χ0v) is 19.3. The molecule has 0 amide bonds. The number of phenolic OH excluding ortho intramolecular Hbond substituents is 1. The van der Waals surface area contributed by atoms with Crippen molar-refractivity contribution in [1.29, 1.82) is 0 Å². The average Bonchev–Trinajstić information content (AvgIpc) is 3.30. The quantitative estimate of drug-likeness (QED) is 0.219. The number of nitrogens with zero attached hydrogens (tertiary/aromatic N) is 3. The van der Waals surface area contributed by atoms with E-state index >= 15 is 0 Å². The van der Waals surface area contributed by atoms with Crippen LogP contribution in [0.4, 0.5) is 0 Å². The minimum Gasteiger partial charge on any atom is -0.505 e. The molecule has 1 aromatic heterocycles. The van der Waals surface area contributed by atoms with Gasteiger partial charge in [0.15, 0.2) is 5.75 Å². The Bertz CT molecular complexity index is 1350. The summed E-state index contributed by atoms with van der Waals surface area (Å²) < 4.78 is 10.1. The molecular weight excluding hydrogens is 446 g/mol. The number of benzene rings is 3. The highest BCUT2D eigenvalue weighted by Crippen LogP contribution is 2.36. The summed E-state index contributed by atoms with van der Waals surface area (Å²) in [4.78, 5) is 25.0. The summed E-state index contributed by atoms with van der Waals surface area (Å²) in [5.74, 6) is -0.900. The van der Waals surface area contributed by atoms with Gasteiger partial charge in [-0.1, -0.05) is 49.0 Å². The number of fused-ring (bicyclic) bond motifs is 1. The maximum absolute atomic E-state index is 12.2. The van der Waals surface area contributed by atoms with Crippen molar-refractivity contribution in [3.8, 4) is 22.6 Å². The molecule has 0 radical (unpaired) electrons. The van der Waals surface area contributed by atoms with Crippen LogP contribution in [0.15, 0.2) is 78.9 Å². The summed E-state index contributed by atoms with van der Waals surface area (Å²) in [7, 11) is 0. The number of aromatic hydroxyl groups is 1. The molecule has 0 aliphatic carbocycles. The predicted molar refractivity (Wildman–Crippen MR) is 131 cm³/mol. The highest BCUT2D eigenvalue weighted by molar-refractivity contribution is 5.87. The van der Waals surface area contributed by atoms with Crippen molar-refractivity contribution in [1.82, 2.24) is 15.0 Å². The van der Waals surface area contributed by atoms with Crippen LogP contribution in [-0.2, 0) is 25.5 Å². The molecule has 0 bridgehead atoms. The van der Waals surface area contributed by atoms with E-state index in [4.69, 9.17) is 9.47 Å². The van der Waals surface area contributed by atoms with Crippen molar-refractivity contribution >= 4 is 23.0 Å². The summed E-state index contributed by atoms with van der Waals surface area (Å²) in [5.41, 5.74) is 4.35. The van der Waals surface area contributed by atoms with Gasteiger partial charge in [0, 0.05) is 17.6 Å². The number of phenols is 1. The summed E-state index contributed by atoms with van der Waals surface area (Å²) in [6.07, 6.45) is 0.486. The summed E-state index contributed by atoms with van der Waals surface area (Å²) in [6, 6.07) is 20.5. The molecule has 0 unspecified atom stereocenters. The van der Waals surface area contributed by atoms with Gasteiger partial charge in [-0.05, 0) is 48.7 Å². The molecule has 0 aliphatic heterocycles. The lowest BCUT2D eigenvalue weighted by Gasteiger charge is -2.13. The van der Waals surface area contributed by atoms with Gasteiger partial charge in [-0.15, -0.1) is 15.0 Å². The molecule has 0 saturated heterocycles. The number of hydrogen-bond donors (Lipinski definition) is 1. The normalized spacial score (nSPS) is 10.8. The van der Waals surface area contributed by atoms with Gasteiger partial charge >= 0.3 is 11.9 Å². The number of esters is 2. The van der Waals surface area contributed by atoms with E-state index < -0.39 is 11.9 Å². The summed E-state index contributed by atoms with van der Waals surface area (Å²) in [5, 5.41) is 20.1. The molecule has 8 heteroatoms. The molecule has 0 saturated carbocycles. The minimum atomic E-state index is -0.522. The Morgan fingerprint density at radius 3 is 2.23 bits per heavy atom. The van der Waals surface area contributed by atoms with Gasteiger partial charge in [-0.3, -0.25) is 4.79 Å². The largest absolute Gasteiger partial charge is 0.505 e. The fourth-order valence-corrected chi connectivity index (χ4v) is 3.51. The van der Waals surface area contributed by atoms with Crippen LogP contribution >= 0.6 is 0 Å². The molecule has 0 atom stereocenters. The fraction of sp³-hybridized carbons (Fsp3) is 0.185. The van der Waals surface area contributed by atoms with Gasteiger partial charge in [0.1, 0.15) is 29.9 Å². The molecular formula is C27H25N3O5. The Morgan fingerprint density at radius 2 is 1.57 bits per heavy atom. The third kappa shape index (κ3) is 5.73. The number of ether oxygens (including phenoxy) is 2. The monoisotopic (exact) mass is 471 g/mol. The Hall–Kier alpha value is -4.46. The zero-order chi connectivity index (χ0) is 24.8. The first-order chi connectivity index (χ1) is 16.9. The Balaban J connectivity index is 1.54. The van der Waals surface area contributed by atoms with Crippen molar-refractivity contribution in [2.75, 3.05) is 13.2 Å². The molecule has 8 nitrogen and oxygen atoms in total. The minimum absolute atomic E-state index is 0.0300. The van der Waals surface area contributed by atoms with Crippen molar-refractivity contribution in [3.05, 3.63) is 84.4 Å². The lowest BCUT2D eigenvalue weighted by Crippen LogP contribution is -2.14. The third-order valence-corrected chi connectivity index (χ3v) is 5.28. The van der Waals surface area contributed by atoms with E-state index in [1.165, 1.54) is 4.80 Å². The second-order valence-electron chi connectivity index (χ2n) is 7.99. The van der Waals surface area contributed by atoms with E-state index in [9.17, 15) is 14.7 Å². The van der Waals surface area contributed by atoms with Crippen LogP contribution in [0.25, 0.3) is 27.8 Å². The first-order valence-corrected chi connectivity index (χ1v) is 11.1. The molecule has 4 aromatic rings. The molecule has 0 fully saturated rings. The van der Waals surface area contributed by atoms with Gasteiger partial charge in [-0.2, -0.15) is 0 Å². The lowest BCUT2D eigenvalue weighted by molar-refractivity contribution is -0.150. The van der Waals surface area contributed by atoms with E-state index in [1.54, 1.807) is 13.0 Å². The molecule has 0 spiro atoms. The smallest absolute Gasteiger partial charge is 0.333 e. The standard InChI is InChI=1S/C27H25N3O5/c1-18(2)27(33)35-15-14-34-25(31)13-12-19-16-21(20-8-4-3-5-9-20)26(32)24(17-19)30-28-22-10-6-7-11-23(22)29-30/h3-11,16-17,32H,1,12-15H2,2H3. The summed E-state index contributed by atoms with van der Waals surface area (Å²) in [6.45, 7) is 4.98. The van der Waals surface area contributed by atoms with Crippen molar-refractivity contribution < 1.29 is 24.2 Å². The second kappa shape index (κ2) is 10.6. The number of rotatable bonds is 9. The molecule has 0 aliphatic rings. The number of aromatic nitrogens is 3. The van der Waals surface area contributed by atoms with Crippen LogP contribution in [0.2, 0.25) is 0 Å². The highest BCUT2D eigenvalue weighted by Gasteiger charge is 2.17. The number of carbonyl (C=O) groups excluding carboxylic acids is 2. The first kappa shape index (κ1) is 23.7. The molecule has 35 heavy (non-hydrogen) atoms. The van der Waals surface area contributed by atoms with Crippen molar-refractivity contribution in [2.24, 2.45) is 0 Å². The van der Waals surface area contributed by atoms with Crippen LogP contribution in [0.3, 0.4) is 0 Å². The maximum atomic E-state index is 12.2. The van der Waals surface area contributed by atoms with Gasteiger partial charge in [0.2, 0.25) is 0 Å². The number of hydrogen-bond acceptors (Lipinski definition) is 7. The van der Waals surface area contributed by atoms with E-state index in [1.807, 2.05) is 60.7 Å². The highest BCUT2D eigenvalue weighted by atomic mass is 16.6. The van der Waals surface area contributed by atoms with E-state index in [2.05, 4.69) is 16.8 Å². The molecule has 1 N–H and O–H groups in total. The fourth-order valence-electron chi connectivity index (χ4n) is 3.51. The van der Waals surface area contributed by atoms with E-state index in [0.29, 0.717) is 28.7 Å². The molecule has 3 aromatic carbocycles. The van der Waals surface area contributed by atoms with E-state index in [0.717, 1.165) is 11.1 Å². The Morgan fingerprint density at radius 1 is 0.943 bits per heavy atom. The Kier molecular flexibility index (Phi) is 7.21. The molecule has 4 rings (SSSR count). The van der Waals surface area contributed by atoms with Crippen LogP contribution < -0.4 is 0 Å².